The zero-order valence-electron chi connectivity index (χ0n) is 14.8. The zero-order valence-corrected chi connectivity index (χ0v) is 16.4. The molecule has 0 aromatic heterocycles. The Morgan fingerprint density at radius 3 is 2.42 bits per heavy atom. The van der Waals surface area contributed by atoms with Crippen LogP contribution < -0.4 is 15.4 Å². The zero-order chi connectivity index (χ0) is 19.0. The molecule has 0 spiro atoms. The molecule has 26 heavy (non-hydrogen) atoms. The smallest absolute Gasteiger partial charge is 0.229 e. The molecule has 0 heterocycles. The summed E-state index contributed by atoms with van der Waals surface area (Å²) in [4.78, 5) is 4.55. The van der Waals surface area contributed by atoms with Crippen LogP contribution in [0.1, 0.15) is 18.1 Å². The summed E-state index contributed by atoms with van der Waals surface area (Å²) in [5.74, 6) is 0.650. The number of anilines is 1. The molecule has 3 N–H and O–H groups in total. The van der Waals surface area contributed by atoms with Crippen molar-refractivity contribution in [2.24, 2.45) is 4.99 Å². The van der Waals surface area contributed by atoms with E-state index in [1.54, 1.807) is 12.1 Å². The van der Waals surface area contributed by atoms with Gasteiger partial charge in [0.15, 0.2) is 5.96 Å². The van der Waals surface area contributed by atoms with Gasteiger partial charge in [-0.2, -0.15) is 0 Å². The van der Waals surface area contributed by atoms with Crippen molar-refractivity contribution in [3.63, 3.8) is 0 Å². The molecule has 0 atom stereocenters. The molecule has 8 heteroatoms. The summed E-state index contributed by atoms with van der Waals surface area (Å²) in [6, 6.07) is 14.8. The number of guanidine groups is 1. The fraction of sp³-hybridized carbons (Fsp3) is 0.278. The van der Waals surface area contributed by atoms with Crippen molar-refractivity contribution in [2.75, 3.05) is 17.5 Å². The van der Waals surface area contributed by atoms with E-state index in [0.717, 1.165) is 23.9 Å². The molecular formula is C18H23ClN4O2S. The first-order valence-electron chi connectivity index (χ1n) is 8.19. The number of sulfonamides is 1. The van der Waals surface area contributed by atoms with Gasteiger partial charge in [-0.05, 0) is 36.2 Å². The third-order valence-electron chi connectivity index (χ3n) is 3.44. The monoisotopic (exact) mass is 394 g/mol. The Morgan fingerprint density at radius 2 is 1.77 bits per heavy atom. The molecule has 0 saturated carbocycles. The van der Waals surface area contributed by atoms with Crippen molar-refractivity contribution < 1.29 is 8.42 Å². The van der Waals surface area contributed by atoms with Crippen molar-refractivity contribution in [1.82, 2.24) is 10.6 Å². The van der Waals surface area contributed by atoms with E-state index < -0.39 is 10.0 Å². The van der Waals surface area contributed by atoms with Crippen molar-refractivity contribution in [2.45, 2.75) is 20.0 Å². The van der Waals surface area contributed by atoms with Gasteiger partial charge in [-0.25, -0.2) is 13.4 Å². The quantitative estimate of drug-likeness (QED) is 0.498. The van der Waals surface area contributed by atoms with Crippen molar-refractivity contribution in [3.8, 4) is 0 Å². The van der Waals surface area contributed by atoms with Crippen LogP contribution in [-0.4, -0.2) is 27.2 Å². The first-order valence-corrected chi connectivity index (χ1v) is 10.5. The molecule has 0 amide bonds. The van der Waals surface area contributed by atoms with Crippen LogP contribution in [0.5, 0.6) is 0 Å². The molecule has 6 nitrogen and oxygen atoms in total. The van der Waals surface area contributed by atoms with E-state index in [9.17, 15) is 8.42 Å². The summed E-state index contributed by atoms with van der Waals surface area (Å²) in [6.07, 6.45) is 1.13. The molecule has 2 aromatic rings. The Morgan fingerprint density at radius 1 is 1.08 bits per heavy atom. The number of hydrogen-bond acceptors (Lipinski definition) is 3. The first kappa shape index (κ1) is 20.1. The Balaban J connectivity index is 2.06. The third kappa shape index (κ3) is 6.93. The molecule has 2 aromatic carbocycles. The van der Waals surface area contributed by atoms with Gasteiger partial charge in [0.25, 0.3) is 0 Å². The highest BCUT2D eigenvalue weighted by molar-refractivity contribution is 7.92. The lowest BCUT2D eigenvalue weighted by Gasteiger charge is -2.14. The van der Waals surface area contributed by atoms with Crippen LogP contribution in [0.15, 0.2) is 53.5 Å². The van der Waals surface area contributed by atoms with E-state index in [4.69, 9.17) is 11.6 Å². The molecule has 0 unspecified atom stereocenters. The van der Waals surface area contributed by atoms with Gasteiger partial charge >= 0.3 is 0 Å². The minimum Gasteiger partial charge on any atom is -0.357 e. The van der Waals surface area contributed by atoms with Crippen LogP contribution in [0.2, 0.25) is 5.02 Å². The van der Waals surface area contributed by atoms with Gasteiger partial charge in [0.1, 0.15) is 0 Å². The first-order chi connectivity index (χ1) is 12.4. The highest BCUT2D eigenvalue weighted by Crippen LogP contribution is 2.16. The third-order valence-corrected chi connectivity index (χ3v) is 4.28. The van der Waals surface area contributed by atoms with Gasteiger partial charge in [-0.3, -0.25) is 4.72 Å². The van der Waals surface area contributed by atoms with Crippen LogP contribution in [0.4, 0.5) is 5.69 Å². The molecule has 0 bridgehead atoms. The lowest BCUT2D eigenvalue weighted by molar-refractivity contribution is 0.606. The summed E-state index contributed by atoms with van der Waals surface area (Å²) in [6.45, 7) is 3.65. The second-order valence-corrected chi connectivity index (χ2v) is 7.89. The summed E-state index contributed by atoms with van der Waals surface area (Å²) < 4.78 is 25.5. The molecule has 140 valence electrons. The standard InChI is InChI=1S/C18H23ClN4O2S/c1-3-20-18(21-12-14-8-10-16(19)11-9-14)22-13-15-6-4-5-7-17(15)23-26(2,24)25/h4-11,23H,3,12-13H2,1-2H3,(H2,20,21,22). The normalized spacial score (nSPS) is 11.9. The Hall–Kier alpha value is -2.25. The Bertz CT molecular complexity index is 852. The molecular weight excluding hydrogens is 372 g/mol. The maximum absolute atomic E-state index is 11.5. The number of rotatable bonds is 7. The second kappa shape index (κ2) is 9.45. The fourth-order valence-electron chi connectivity index (χ4n) is 2.25. The molecule has 0 aliphatic heterocycles. The molecule has 0 radical (unpaired) electrons. The highest BCUT2D eigenvalue weighted by Gasteiger charge is 2.07. The number of aliphatic imine (C=N–C) groups is 1. The molecule has 0 aliphatic rings. The van der Waals surface area contributed by atoms with Crippen LogP contribution in [0.25, 0.3) is 0 Å². The number of nitrogens with one attached hydrogen (secondary N) is 3. The van der Waals surface area contributed by atoms with Crippen molar-refractivity contribution in [3.05, 3.63) is 64.7 Å². The maximum atomic E-state index is 11.5. The Kier molecular flexibility index (Phi) is 7.29. The number of nitrogens with zero attached hydrogens (tertiary/aromatic N) is 1. The largest absolute Gasteiger partial charge is 0.357 e. The highest BCUT2D eigenvalue weighted by atomic mass is 35.5. The van der Waals surface area contributed by atoms with Gasteiger partial charge in [0, 0.05) is 18.1 Å². The molecule has 0 fully saturated rings. The maximum Gasteiger partial charge on any atom is 0.229 e. The predicted molar refractivity (Wildman–Crippen MR) is 108 cm³/mol. The minimum absolute atomic E-state index is 0.436. The Labute approximate surface area is 159 Å². The van der Waals surface area contributed by atoms with E-state index in [0.29, 0.717) is 29.8 Å². The van der Waals surface area contributed by atoms with E-state index in [-0.39, 0.29) is 0 Å². The fourth-order valence-corrected chi connectivity index (χ4v) is 2.98. The van der Waals surface area contributed by atoms with E-state index >= 15 is 0 Å². The van der Waals surface area contributed by atoms with Gasteiger partial charge < -0.3 is 10.6 Å². The summed E-state index contributed by atoms with van der Waals surface area (Å²) in [7, 11) is -3.33. The van der Waals surface area contributed by atoms with Gasteiger partial charge in [0.05, 0.1) is 18.5 Å². The molecule has 0 aliphatic carbocycles. The number of hydrogen-bond donors (Lipinski definition) is 3. The van der Waals surface area contributed by atoms with E-state index in [2.05, 4.69) is 20.3 Å². The average molecular weight is 395 g/mol. The number of halogens is 1. The molecule has 2 rings (SSSR count). The van der Waals surface area contributed by atoms with E-state index in [1.165, 1.54) is 0 Å². The van der Waals surface area contributed by atoms with Gasteiger partial charge in [0.2, 0.25) is 10.0 Å². The van der Waals surface area contributed by atoms with Crippen molar-refractivity contribution in [1.29, 1.82) is 0 Å². The lowest BCUT2D eigenvalue weighted by atomic mass is 10.2. The summed E-state index contributed by atoms with van der Waals surface area (Å²) in [5.41, 5.74) is 2.43. The lowest BCUT2D eigenvalue weighted by Crippen LogP contribution is -2.37. The number of para-hydroxylation sites is 1. The van der Waals surface area contributed by atoms with Gasteiger partial charge in [-0.15, -0.1) is 0 Å². The number of benzene rings is 2. The predicted octanol–water partition coefficient (Wildman–Crippen LogP) is 2.97. The van der Waals surface area contributed by atoms with Crippen molar-refractivity contribution >= 4 is 33.3 Å². The SMILES string of the molecule is CCNC(=NCc1ccc(Cl)cc1)NCc1ccccc1NS(C)(=O)=O. The topological polar surface area (TPSA) is 82.6 Å². The van der Waals surface area contributed by atoms with Gasteiger partial charge in [-0.1, -0.05) is 41.9 Å². The van der Waals surface area contributed by atoms with Crippen LogP contribution >= 0.6 is 11.6 Å². The van der Waals surface area contributed by atoms with Crippen LogP contribution in [-0.2, 0) is 23.1 Å². The minimum atomic E-state index is -3.33. The summed E-state index contributed by atoms with van der Waals surface area (Å²) >= 11 is 5.89. The summed E-state index contributed by atoms with van der Waals surface area (Å²) in [5, 5.41) is 7.09. The molecule has 0 saturated heterocycles. The van der Waals surface area contributed by atoms with Crippen LogP contribution in [0, 0.1) is 0 Å². The van der Waals surface area contributed by atoms with E-state index in [1.807, 2.05) is 43.3 Å². The van der Waals surface area contributed by atoms with Crippen LogP contribution in [0.3, 0.4) is 0 Å². The second-order valence-electron chi connectivity index (χ2n) is 5.71. The average Bonchev–Trinajstić information content (AvgIpc) is 2.58.